The van der Waals surface area contributed by atoms with Crippen LogP contribution in [-0.4, -0.2) is 66.7 Å². The van der Waals surface area contributed by atoms with E-state index >= 15 is 0 Å². The van der Waals surface area contributed by atoms with Crippen LogP contribution in [0.1, 0.15) is 32.3 Å². The van der Waals surface area contributed by atoms with Crippen molar-refractivity contribution >= 4 is 5.91 Å². The summed E-state index contributed by atoms with van der Waals surface area (Å²) in [5.41, 5.74) is 1.28. The summed E-state index contributed by atoms with van der Waals surface area (Å²) >= 11 is 0. The first-order valence-electron chi connectivity index (χ1n) is 9.58. The van der Waals surface area contributed by atoms with Crippen molar-refractivity contribution in [3.05, 3.63) is 35.9 Å². The van der Waals surface area contributed by atoms with Crippen molar-refractivity contribution in [1.82, 2.24) is 15.1 Å². The molecule has 25 heavy (non-hydrogen) atoms. The van der Waals surface area contributed by atoms with Crippen molar-refractivity contribution in [1.29, 1.82) is 0 Å². The Kier molecular flexibility index (Phi) is 6.45. The molecule has 3 unspecified atom stereocenters. The van der Waals surface area contributed by atoms with Gasteiger partial charge in [-0.05, 0) is 31.9 Å². The molecule has 2 aliphatic heterocycles. The largest absolute Gasteiger partial charge is 0.366 e. The van der Waals surface area contributed by atoms with E-state index in [1.54, 1.807) is 0 Å². The van der Waals surface area contributed by atoms with Gasteiger partial charge < -0.3 is 15.0 Å². The molecule has 0 radical (unpaired) electrons. The summed E-state index contributed by atoms with van der Waals surface area (Å²) in [6.07, 6.45) is 1.71. The predicted molar refractivity (Wildman–Crippen MR) is 99.3 cm³/mol. The molecule has 2 saturated heterocycles. The number of carbonyl (C=O) groups is 1. The van der Waals surface area contributed by atoms with Crippen LogP contribution >= 0.6 is 0 Å². The Morgan fingerprint density at radius 1 is 1.28 bits per heavy atom. The maximum atomic E-state index is 12.6. The fourth-order valence-electron chi connectivity index (χ4n) is 3.96. The van der Waals surface area contributed by atoms with Crippen molar-refractivity contribution in [3.63, 3.8) is 0 Å². The van der Waals surface area contributed by atoms with Crippen LogP contribution in [0.5, 0.6) is 0 Å². The van der Waals surface area contributed by atoms with E-state index in [-0.39, 0.29) is 18.1 Å². The fourth-order valence-corrected chi connectivity index (χ4v) is 3.96. The lowest BCUT2D eigenvalue weighted by Crippen LogP contribution is -2.54. The van der Waals surface area contributed by atoms with E-state index in [1.807, 2.05) is 6.07 Å². The molecule has 2 heterocycles. The topological polar surface area (TPSA) is 44.8 Å². The smallest absolute Gasteiger partial charge is 0.250 e. The molecule has 138 valence electrons. The number of hydrogen-bond donors (Lipinski definition) is 1. The first-order chi connectivity index (χ1) is 12.2. The zero-order valence-electron chi connectivity index (χ0n) is 15.5. The van der Waals surface area contributed by atoms with Gasteiger partial charge in [-0.25, -0.2) is 0 Å². The van der Waals surface area contributed by atoms with Crippen LogP contribution in [0, 0.1) is 0 Å². The highest BCUT2D eigenvalue weighted by Crippen LogP contribution is 2.18. The van der Waals surface area contributed by atoms with Gasteiger partial charge in [0, 0.05) is 38.3 Å². The summed E-state index contributed by atoms with van der Waals surface area (Å²) in [4.78, 5) is 17.4. The minimum absolute atomic E-state index is 0.0555. The van der Waals surface area contributed by atoms with Crippen molar-refractivity contribution in [2.75, 3.05) is 32.8 Å². The molecular formula is C20H31N3O2. The summed E-state index contributed by atoms with van der Waals surface area (Å²) in [7, 11) is 0. The van der Waals surface area contributed by atoms with Gasteiger partial charge in [0.05, 0.1) is 6.61 Å². The second kappa shape index (κ2) is 8.79. The van der Waals surface area contributed by atoms with Gasteiger partial charge >= 0.3 is 0 Å². The lowest BCUT2D eigenvalue weighted by atomic mass is 9.98. The number of hydrogen-bond acceptors (Lipinski definition) is 4. The molecule has 3 rings (SSSR count). The van der Waals surface area contributed by atoms with Gasteiger partial charge in [-0.3, -0.25) is 9.69 Å². The molecule has 1 aromatic carbocycles. The second-order valence-electron chi connectivity index (χ2n) is 7.29. The number of nitrogens with zero attached hydrogens (tertiary/aromatic N) is 2. The highest BCUT2D eigenvalue weighted by molar-refractivity contribution is 5.81. The van der Waals surface area contributed by atoms with E-state index in [2.05, 4.69) is 53.2 Å². The zero-order valence-corrected chi connectivity index (χ0v) is 15.5. The van der Waals surface area contributed by atoms with Crippen LogP contribution in [0.15, 0.2) is 30.3 Å². The molecule has 0 aromatic heterocycles. The maximum absolute atomic E-state index is 12.6. The SMILES string of the molecule is CCN1CCC(NC(=O)C2CN(Cc3ccccc3)CCO2)CC1C. The van der Waals surface area contributed by atoms with E-state index in [0.29, 0.717) is 19.2 Å². The van der Waals surface area contributed by atoms with E-state index in [0.717, 1.165) is 39.0 Å². The molecule has 1 N–H and O–H groups in total. The molecule has 0 spiro atoms. The Morgan fingerprint density at radius 3 is 2.80 bits per heavy atom. The number of nitrogens with one attached hydrogen (secondary N) is 1. The van der Waals surface area contributed by atoms with Gasteiger partial charge in [0.25, 0.3) is 5.91 Å². The van der Waals surface area contributed by atoms with E-state index < -0.39 is 0 Å². The van der Waals surface area contributed by atoms with E-state index in [4.69, 9.17) is 4.74 Å². The Hall–Kier alpha value is -1.43. The monoisotopic (exact) mass is 345 g/mol. The predicted octanol–water partition coefficient (Wildman–Crippen LogP) is 1.88. The maximum Gasteiger partial charge on any atom is 0.250 e. The van der Waals surface area contributed by atoms with Crippen LogP contribution in [0.2, 0.25) is 0 Å². The van der Waals surface area contributed by atoms with Gasteiger partial charge in [-0.15, -0.1) is 0 Å². The number of rotatable bonds is 5. The molecule has 0 saturated carbocycles. The Bertz CT molecular complexity index is 551. The molecular weight excluding hydrogens is 314 g/mol. The number of piperidine rings is 1. The van der Waals surface area contributed by atoms with Crippen LogP contribution < -0.4 is 5.32 Å². The first-order valence-corrected chi connectivity index (χ1v) is 9.58. The highest BCUT2D eigenvalue weighted by atomic mass is 16.5. The average molecular weight is 345 g/mol. The van der Waals surface area contributed by atoms with E-state index in [1.165, 1.54) is 5.56 Å². The second-order valence-corrected chi connectivity index (χ2v) is 7.29. The van der Waals surface area contributed by atoms with Gasteiger partial charge in [0.1, 0.15) is 6.10 Å². The summed E-state index contributed by atoms with van der Waals surface area (Å²) in [5.74, 6) is 0.0555. The highest BCUT2D eigenvalue weighted by Gasteiger charge is 2.30. The minimum Gasteiger partial charge on any atom is -0.366 e. The first kappa shape index (κ1) is 18.4. The number of ether oxygens (including phenoxy) is 1. The van der Waals surface area contributed by atoms with E-state index in [9.17, 15) is 4.79 Å². The van der Waals surface area contributed by atoms with Gasteiger partial charge in [-0.2, -0.15) is 0 Å². The molecule has 2 fully saturated rings. The lowest BCUT2D eigenvalue weighted by Gasteiger charge is -2.38. The molecule has 3 atom stereocenters. The molecule has 2 aliphatic rings. The molecule has 0 aliphatic carbocycles. The Morgan fingerprint density at radius 2 is 2.08 bits per heavy atom. The third-order valence-electron chi connectivity index (χ3n) is 5.46. The van der Waals surface area contributed by atoms with Crippen molar-refractivity contribution in [2.24, 2.45) is 0 Å². The Balaban J connectivity index is 1.48. The Labute approximate surface area is 151 Å². The van der Waals surface area contributed by atoms with Crippen molar-refractivity contribution in [2.45, 2.75) is 51.4 Å². The molecule has 1 amide bonds. The number of likely N-dealkylation sites (tertiary alicyclic amines) is 1. The third kappa shape index (κ3) is 5.03. The summed E-state index contributed by atoms with van der Waals surface area (Å²) in [5, 5.41) is 3.23. The molecule has 1 aromatic rings. The zero-order chi connectivity index (χ0) is 17.6. The van der Waals surface area contributed by atoms with Gasteiger partial charge in [-0.1, -0.05) is 37.3 Å². The fraction of sp³-hybridized carbons (Fsp3) is 0.650. The third-order valence-corrected chi connectivity index (χ3v) is 5.46. The average Bonchev–Trinajstić information content (AvgIpc) is 2.63. The molecule has 0 bridgehead atoms. The summed E-state index contributed by atoms with van der Waals surface area (Å²) in [6, 6.07) is 11.2. The number of carbonyl (C=O) groups excluding carboxylic acids is 1. The lowest BCUT2D eigenvalue weighted by molar-refractivity contribution is -0.140. The van der Waals surface area contributed by atoms with Crippen LogP contribution in [0.25, 0.3) is 0 Å². The number of benzene rings is 1. The quantitative estimate of drug-likeness (QED) is 0.885. The number of morpholine rings is 1. The number of amides is 1. The van der Waals surface area contributed by atoms with Crippen molar-refractivity contribution < 1.29 is 9.53 Å². The van der Waals surface area contributed by atoms with Gasteiger partial charge in [0.15, 0.2) is 0 Å². The molecule has 5 heteroatoms. The standard InChI is InChI=1S/C20H31N3O2/c1-3-23-10-9-18(13-16(23)2)21-20(24)19-15-22(11-12-25-19)14-17-7-5-4-6-8-17/h4-8,16,18-19H,3,9-15H2,1-2H3,(H,21,24). The van der Waals surface area contributed by atoms with Crippen LogP contribution in [0.4, 0.5) is 0 Å². The molecule has 5 nitrogen and oxygen atoms in total. The normalized spacial score (nSPS) is 28.6. The van der Waals surface area contributed by atoms with Crippen LogP contribution in [0.3, 0.4) is 0 Å². The summed E-state index contributed by atoms with van der Waals surface area (Å²) < 4.78 is 5.75. The van der Waals surface area contributed by atoms with Crippen molar-refractivity contribution in [3.8, 4) is 0 Å². The summed E-state index contributed by atoms with van der Waals surface area (Å²) in [6.45, 7) is 9.65. The van der Waals surface area contributed by atoms with Crippen LogP contribution in [-0.2, 0) is 16.1 Å². The van der Waals surface area contributed by atoms with Gasteiger partial charge in [0.2, 0.25) is 0 Å². The minimum atomic E-state index is -0.350.